The molecule has 0 spiro atoms. The summed E-state index contributed by atoms with van der Waals surface area (Å²) >= 11 is 0. The van der Waals surface area contributed by atoms with E-state index in [1.807, 2.05) is 24.3 Å². The lowest BCUT2D eigenvalue weighted by Gasteiger charge is -2.04. The number of hydrogen-bond acceptors (Lipinski definition) is 3. The predicted molar refractivity (Wildman–Crippen MR) is 68.3 cm³/mol. The molecule has 18 heavy (non-hydrogen) atoms. The summed E-state index contributed by atoms with van der Waals surface area (Å²) in [5.74, 6) is 0.761. The number of nitrogens with one attached hydrogen (secondary N) is 1. The maximum absolute atomic E-state index is 11.4. The third kappa shape index (κ3) is 5.23. The van der Waals surface area contributed by atoms with Gasteiger partial charge in [0.1, 0.15) is 5.75 Å². The maximum Gasteiger partial charge on any atom is 0.220 e. The van der Waals surface area contributed by atoms with Crippen molar-refractivity contribution < 1.29 is 9.53 Å². The number of carbonyl (C=O) groups excluding carboxylic acids is 1. The summed E-state index contributed by atoms with van der Waals surface area (Å²) in [6, 6.07) is 7.61. The fraction of sp³-hybridized carbons (Fsp3) is 0.417. The van der Waals surface area contributed by atoms with Crippen molar-refractivity contribution in [1.82, 2.24) is 5.32 Å². The Balaban J connectivity index is 2.26. The van der Waals surface area contributed by atoms with Gasteiger partial charge in [-0.15, -0.1) is 0 Å². The van der Waals surface area contributed by atoms with E-state index in [0.717, 1.165) is 11.3 Å². The number of hydrogen-bond donors (Lipinski definition) is 1. The van der Waals surface area contributed by atoms with E-state index in [1.54, 1.807) is 7.11 Å². The Labute approximate surface area is 106 Å². The highest BCUT2D eigenvalue weighted by molar-refractivity contribution is 5.76. The summed E-state index contributed by atoms with van der Waals surface area (Å²) in [5, 5.41) is 6.01. The Hall–Kier alpha value is -2.20. The lowest BCUT2D eigenvalue weighted by atomic mass is 10.1. The first-order valence-corrected chi connectivity index (χ1v) is 5.66. The number of ether oxygens (including phenoxy) is 1. The molecule has 6 heteroatoms. The van der Waals surface area contributed by atoms with E-state index >= 15 is 0 Å². The molecule has 0 aliphatic carbocycles. The number of azide groups is 1. The molecular weight excluding hydrogens is 232 g/mol. The van der Waals surface area contributed by atoms with E-state index in [0.29, 0.717) is 19.4 Å². The van der Waals surface area contributed by atoms with Crippen molar-refractivity contribution in [3.63, 3.8) is 0 Å². The first-order chi connectivity index (χ1) is 8.76. The molecule has 0 aliphatic heterocycles. The standard InChI is InChI=1S/C12H16N4O2/c1-18-11-5-2-10(3-6-11)4-7-12(17)14-8-9-15-16-13/h2-3,5-6H,4,7-9H2,1H3,(H,14,17). The summed E-state index contributed by atoms with van der Waals surface area (Å²) in [5.41, 5.74) is 9.15. The van der Waals surface area contributed by atoms with E-state index in [-0.39, 0.29) is 12.5 Å². The van der Waals surface area contributed by atoms with E-state index in [2.05, 4.69) is 15.3 Å². The minimum absolute atomic E-state index is 0.0426. The van der Waals surface area contributed by atoms with E-state index in [1.165, 1.54) is 0 Å². The molecular formula is C12H16N4O2. The van der Waals surface area contributed by atoms with Gasteiger partial charge in [0.25, 0.3) is 0 Å². The first-order valence-electron chi connectivity index (χ1n) is 5.66. The van der Waals surface area contributed by atoms with E-state index in [4.69, 9.17) is 10.3 Å². The zero-order chi connectivity index (χ0) is 13.2. The molecule has 0 bridgehead atoms. The van der Waals surface area contributed by atoms with Gasteiger partial charge < -0.3 is 10.1 Å². The molecule has 0 saturated heterocycles. The van der Waals surface area contributed by atoms with Crippen LogP contribution in [0.5, 0.6) is 5.75 Å². The van der Waals surface area contributed by atoms with Crippen LogP contribution >= 0.6 is 0 Å². The summed E-state index contributed by atoms with van der Waals surface area (Å²) in [4.78, 5) is 14.0. The van der Waals surface area contributed by atoms with Crippen LogP contribution in [0.1, 0.15) is 12.0 Å². The van der Waals surface area contributed by atoms with Crippen LogP contribution in [0.4, 0.5) is 0 Å². The Bertz CT molecular complexity index is 424. The average Bonchev–Trinajstić information content (AvgIpc) is 2.42. The Morgan fingerprint density at radius 3 is 2.78 bits per heavy atom. The van der Waals surface area contributed by atoms with E-state index in [9.17, 15) is 4.79 Å². The number of amides is 1. The number of aryl methyl sites for hydroxylation is 1. The monoisotopic (exact) mass is 248 g/mol. The fourth-order valence-corrected chi connectivity index (χ4v) is 1.43. The van der Waals surface area contributed by atoms with Crippen LogP contribution in [0.2, 0.25) is 0 Å². The topological polar surface area (TPSA) is 87.1 Å². The molecule has 0 fully saturated rings. The zero-order valence-electron chi connectivity index (χ0n) is 10.3. The molecule has 1 aromatic rings. The molecule has 96 valence electrons. The van der Waals surface area contributed by atoms with Crippen molar-refractivity contribution in [2.75, 3.05) is 20.2 Å². The molecule has 0 radical (unpaired) electrons. The molecule has 0 aromatic heterocycles. The highest BCUT2D eigenvalue weighted by Gasteiger charge is 2.01. The Morgan fingerprint density at radius 1 is 1.44 bits per heavy atom. The number of benzene rings is 1. The summed E-state index contributed by atoms with van der Waals surface area (Å²) in [7, 11) is 1.62. The molecule has 0 aliphatic rings. The zero-order valence-corrected chi connectivity index (χ0v) is 10.3. The Kier molecular flexibility index (Phi) is 6.14. The van der Waals surface area contributed by atoms with Crippen molar-refractivity contribution >= 4 is 5.91 Å². The van der Waals surface area contributed by atoms with Gasteiger partial charge in [-0.2, -0.15) is 0 Å². The number of nitrogens with zero attached hydrogens (tertiary/aromatic N) is 3. The minimum Gasteiger partial charge on any atom is -0.497 e. The van der Waals surface area contributed by atoms with Crippen molar-refractivity contribution in [2.45, 2.75) is 12.8 Å². The molecule has 1 rings (SSSR count). The summed E-state index contributed by atoms with van der Waals surface area (Å²) in [6.45, 7) is 0.663. The van der Waals surface area contributed by atoms with Crippen LogP contribution in [-0.4, -0.2) is 26.1 Å². The quantitative estimate of drug-likeness (QED) is 0.346. The first kappa shape index (κ1) is 13.9. The second-order valence-electron chi connectivity index (χ2n) is 3.65. The van der Waals surface area contributed by atoms with Gasteiger partial charge in [0.2, 0.25) is 5.91 Å². The SMILES string of the molecule is COc1ccc(CCC(=O)NCCN=[N+]=[N-])cc1. The average molecular weight is 248 g/mol. The van der Waals surface area contributed by atoms with Gasteiger partial charge in [-0.05, 0) is 29.6 Å². The number of methoxy groups -OCH3 is 1. The van der Waals surface area contributed by atoms with Crippen LogP contribution < -0.4 is 10.1 Å². The van der Waals surface area contributed by atoms with E-state index < -0.39 is 0 Å². The number of carbonyl (C=O) groups is 1. The van der Waals surface area contributed by atoms with Gasteiger partial charge in [0.15, 0.2) is 0 Å². The summed E-state index contributed by atoms with van der Waals surface area (Å²) < 4.78 is 5.05. The highest BCUT2D eigenvalue weighted by Crippen LogP contribution is 2.12. The van der Waals surface area contributed by atoms with Gasteiger partial charge in [0.05, 0.1) is 7.11 Å². The van der Waals surface area contributed by atoms with Crippen LogP contribution in [0.25, 0.3) is 10.4 Å². The van der Waals surface area contributed by atoms with Crippen LogP contribution in [-0.2, 0) is 11.2 Å². The lowest BCUT2D eigenvalue weighted by Crippen LogP contribution is -2.26. The predicted octanol–water partition coefficient (Wildman–Crippen LogP) is 2.05. The van der Waals surface area contributed by atoms with Crippen molar-refractivity contribution in [3.8, 4) is 5.75 Å². The molecule has 6 nitrogen and oxygen atoms in total. The van der Waals surface area contributed by atoms with Crippen LogP contribution in [0, 0.1) is 0 Å². The van der Waals surface area contributed by atoms with Gasteiger partial charge in [0, 0.05) is 24.4 Å². The molecule has 0 saturated carbocycles. The van der Waals surface area contributed by atoms with Crippen LogP contribution in [0.15, 0.2) is 29.4 Å². The molecule has 1 amide bonds. The normalized spacial score (nSPS) is 9.39. The van der Waals surface area contributed by atoms with Crippen molar-refractivity contribution in [3.05, 3.63) is 40.3 Å². The summed E-state index contributed by atoms with van der Waals surface area (Å²) in [6.07, 6.45) is 1.10. The van der Waals surface area contributed by atoms with Gasteiger partial charge in [-0.1, -0.05) is 17.2 Å². The third-order valence-electron chi connectivity index (χ3n) is 2.40. The molecule has 0 heterocycles. The second-order valence-corrected chi connectivity index (χ2v) is 3.65. The minimum atomic E-state index is -0.0426. The third-order valence-corrected chi connectivity index (χ3v) is 2.40. The van der Waals surface area contributed by atoms with Crippen molar-refractivity contribution in [1.29, 1.82) is 0 Å². The Morgan fingerprint density at radius 2 is 2.17 bits per heavy atom. The largest absolute Gasteiger partial charge is 0.497 e. The smallest absolute Gasteiger partial charge is 0.220 e. The van der Waals surface area contributed by atoms with Gasteiger partial charge >= 0.3 is 0 Å². The lowest BCUT2D eigenvalue weighted by molar-refractivity contribution is -0.120. The molecule has 1 aromatic carbocycles. The highest BCUT2D eigenvalue weighted by atomic mass is 16.5. The van der Waals surface area contributed by atoms with Crippen LogP contribution in [0.3, 0.4) is 0 Å². The van der Waals surface area contributed by atoms with Gasteiger partial charge in [-0.25, -0.2) is 0 Å². The maximum atomic E-state index is 11.4. The number of rotatable bonds is 7. The fourth-order valence-electron chi connectivity index (χ4n) is 1.43. The molecule has 0 atom stereocenters. The van der Waals surface area contributed by atoms with Crippen molar-refractivity contribution in [2.24, 2.45) is 5.11 Å². The second kappa shape index (κ2) is 7.97. The van der Waals surface area contributed by atoms with Gasteiger partial charge in [-0.3, -0.25) is 4.79 Å². The molecule has 1 N–H and O–H groups in total. The molecule has 0 unspecified atom stereocenters.